The largest absolute Gasteiger partial charge is 0.394 e. The molecule has 2 fully saturated rings. The molecule has 0 amide bonds. The molecule has 16 heavy (non-hydrogen) atoms. The van der Waals surface area contributed by atoms with Crippen LogP contribution in [0, 0.1) is 5.41 Å². The highest BCUT2D eigenvalue weighted by molar-refractivity contribution is 5.13. The molecular weight excluding hydrogens is 212 g/mol. The molecule has 0 unspecified atom stereocenters. The zero-order valence-corrected chi connectivity index (χ0v) is 9.88. The Kier molecular flexibility index (Phi) is 2.79. The van der Waals surface area contributed by atoms with Gasteiger partial charge in [0.2, 0.25) is 0 Å². The maximum Gasteiger partial charge on any atom is 0.169 e. The van der Waals surface area contributed by atoms with Crippen LogP contribution in [0.1, 0.15) is 27.2 Å². The number of ether oxygens (including phenoxy) is 2. The molecule has 0 aromatic carbocycles. The summed E-state index contributed by atoms with van der Waals surface area (Å²) in [6.45, 7) is 5.05. The van der Waals surface area contributed by atoms with Gasteiger partial charge in [-0.05, 0) is 20.3 Å². The molecule has 0 aromatic heterocycles. The average molecular weight is 232 g/mol. The molecule has 2 aliphatic heterocycles. The summed E-state index contributed by atoms with van der Waals surface area (Å²) in [5.74, 6) is 0. The minimum Gasteiger partial charge on any atom is -0.394 e. The molecule has 6 atom stereocenters. The molecule has 0 bridgehead atoms. The number of aliphatic hydroxyl groups excluding tert-OH is 2. The molecule has 5 heteroatoms. The molecule has 3 N–H and O–H groups in total. The van der Waals surface area contributed by atoms with E-state index < -0.39 is 29.5 Å². The van der Waals surface area contributed by atoms with Crippen molar-refractivity contribution in [1.82, 2.24) is 0 Å². The van der Waals surface area contributed by atoms with Crippen LogP contribution in [0.4, 0.5) is 0 Å². The highest BCUT2D eigenvalue weighted by Gasteiger charge is 2.69. The van der Waals surface area contributed by atoms with E-state index in [9.17, 15) is 10.2 Å². The number of fused-ring (bicyclic) bond motifs is 1. The van der Waals surface area contributed by atoms with Gasteiger partial charge in [0.15, 0.2) is 6.29 Å². The van der Waals surface area contributed by atoms with Crippen LogP contribution in [0.5, 0.6) is 0 Å². The van der Waals surface area contributed by atoms with Crippen molar-refractivity contribution in [1.29, 1.82) is 0 Å². The lowest BCUT2D eigenvalue weighted by Gasteiger charge is -2.38. The standard InChI is InChI=1S/C11H20O5/c1-4-7-11(3,14)10(2)8(13)6(5-12)15-9(10)16-7/h6-9,12-14H,4-5H2,1-3H3/t6-,7-,8+,9+,10+,11+/m1/s1. The molecule has 94 valence electrons. The Balaban J connectivity index is 2.33. The summed E-state index contributed by atoms with van der Waals surface area (Å²) in [6.07, 6.45) is -1.95. The van der Waals surface area contributed by atoms with Crippen LogP contribution in [-0.4, -0.2) is 52.1 Å². The lowest BCUT2D eigenvalue weighted by Crippen LogP contribution is -2.54. The van der Waals surface area contributed by atoms with E-state index in [0.717, 1.165) is 0 Å². The summed E-state index contributed by atoms with van der Waals surface area (Å²) in [4.78, 5) is 0. The highest BCUT2D eigenvalue weighted by Crippen LogP contribution is 2.55. The second-order valence-corrected chi connectivity index (χ2v) is 5.10. The molecule has 0 spiro atoms. The Hall–Kier alpha value is -0.200. The molecule has 5 nitrogen and oxygen atoms in total. The maximum atomic E-state index is 10.5. The first kappa shape index (κ1) is 12.3. The van der Waals surface area contributed by atoms with Crippen LogP contribution in [0.15, 0.2) is 0 Å². The molecule has 0 aliphatic carbocycles. The first-order valence-corrected chi connectivity index (χ1v) is 5.71. The van der Waals surface area contributed by atoms with Gasteiger partial charge in [0.25, 0.3) is 0 Å². The topological polar surface area (TPSA) is 79.2 Å². The molecule has 0 aromatic rings. The van der Waals surface area contributed by atoms with E-state index in [1.165, 1.54) is 0 Å². The van der Waals surface area contributed by atoms with E-state index in [0.29, 0.717) is 6.42 Å². The van der Waals surface area contributed by atoms with Crippen molar-refractivity contribution in [3.05, 3.63) is 0 Å². The molecule has 0 radical (unpaired) electrons. The van der Waals surface area contributed by atoms with E-state index in [-0.39, 0.29) is 12.7 Å². The van der Waals surface area contributed by atoms with Crippen molar-refractivity contribution in [2.75, 3.05) is 6.61 Å². The van der Waals surface area contributed by atoms with Gasteiger partial charge in [-0.25, -0.2) is 0 Å². The monoisotopic (exact) mass is 232 g/mol. The Morgan fingerprint density at radius 3 is 2.31 bits per heavy atom. The third-order valence-corrected chi connectivity index (χ3v) is 4.31. The van der Waals surface area contributed by atoms with Gasteiger partial charge >= 0.3 is 0 Å². The fourth-order valence-electron chi connectivity index (χ4n) is 2.88. The van der Waals surface area contributed by atoms with Crippen LogP contribution >= 0.6 is 0 Å². The first-order valence-electron chi connectivity index (χ1n) is 5.71. The van der Waals surface area contributed by atoms with Crippen LogP contribution in [0.3, 0.4) is 0 Å². The highest BCUT2D eigenvalue weighted by atomic mass is 16.7. The third kappa shape index (κ3) is 1.23. The second kappa shape index (κ2) is 3.65. The van der Waals surface area contributed by atoms with Crippen molar-refractivity contribution in [3.8, 4) is 0 Å². The predicted octanol–water partition coefficient (Wildman–Crippen LogP) is -0.369. The van der Waals surface area contributed by atoms with Gasteiger partial charge in [-0.1, -0.05) is 6.92 Å². The van der Waals surface area contributed by atoms with Gasteiger partial charge in [-0.15, -0.1) is 0 Å². The van der Waals surface area contributed by atoms with Gasteiger partial charge in [0.1, 0.15) is 11.7 Å². The van der Waals surface area contributed by atoms with Gasteiger partial charge in [-0.3, -0.25) is 0 Å². The van der Waals surface area contributed by atoms with Crippen LogP contribution in [-0.2, 0) is 9.47 Å². The van der Waals surface area contributed by atoms with Crippen LogP contribution < -0.4 is 0 Å². The molecule has 2 heterocycles. The Labute approximate surface area is 95.0 Å². The number of hydrogen-bond donors (Lipinski definition) is 3. The number of rotatable bonds is 2. The maximum absolute atomic E-state index is 10.5. The minimum atomic E-state index is -1.16. The third-order valence-electron chi connectivity index (χ3n) is 4.31. The minimum absolute atomic E-state index is 0.274. The molecule has 2 rings (SSSR count). The lowest BCUT2D eigenvalue weighted by molar-refractivity contribution is -0.160. The lowest BCUT2D eigenvalue weighted by atomic mass is 9.69. The summed E-state index contributed by atoms with van der Waals surface area (Å²) in [6, 6.07) is 0. The Morgan fingerprint density at radius 2 is 1.88 bits per heavy atom. The molecular formula is C11H20O5. The smallest absolute Gasteiger partial charge is 0.169 e. The van der Waals surface area contributed by atoms with E-state index in [1.807, 2.05) is 6.92 Å². The van der Waals surface area contributed by atoms with E-state index in [2.05, 4.69) is 0 Å². The van der Waals surface area contributed by atoms with E-state index >= 15 is 0 Å². The van der Waals surface area contributed by atoms with Crippen molar-refractivity contribution in [2.24, 2.45) is 5.41 Å². The molecule has 2 aliphatic rings. The zero-order valence-electron chi connectivity index (χ0n) is 9.88. The van der Waals surface area contributed by atoms with Gasteiger partial charge in [0, 0.05) is 0 Å². The molecule has 0 saturated carbocycles. The molecule has 2 saturated heterocycles. The van der Waals surface area contributed by atoms with Crippen molar-refractivity contribution in [3.63, 3.8) is 0 Å². The van der Waals surface area contributed by atoms with Crippen molar-refractivity contribution >= 4 is 0 Å². The summed E-state index contributed by atoms with van der Waals surface area (Å²) < 4.78 is 11.0. The Morgan fingerprint density at radius 1 is 1.25 bits per heavy atom. The normalized spacial score (nSPS) is 56.6. The summed E-state index contributed by atoms with van der Waals surface area (Å²) in [7, 11) is 0. The average Bonchev–Trinajstić information content (AvgIpc) is 2.60. The van der Waals surface area contributed by atoms with Crippen molar-refractivity contribution < 1.29 is 24.8 Å². The number of aliphatic hydroxyl groups is 3. The quantitative estimate of drug-likeness (QED) is 0.605. The predicted molar refractivity (Wildman–Crippen MR) is 55.6 cm³/mol. The van der Waals surface area contributed by atoms with Crippen LogP contribution in [0.25, 0.3) is 0 Å². The van der Waals surface area contributed by atoms with E-state index in [1.54, 1.807) is 13.8 Å². The second-order valence-electron chi connectivity index (χ2n) is 5.10. The summed E-state index contributed by atoms with van der Waals surface area (Å²) in [5, 5.41) is 29.7. The van der Waals surface area contributed by atoms with Gasteiger partial charge in [0.05, 0.1) is 24.2 Å². The van der Waals surface area contributed by atoms with Gasteiger partial charge in [-0.2, -0.15) is 0 Å². The first-order chi connectivity index (χ1) is 7.39. The van der Waals surface area contributed by atoms with Gasteiger partial charge < -0.3 is 24.8 Å². The number of hydrogen-bond acceptors (Lipinski definition) is 5. The Bertz CT molecular complexity index is 280. The fraction of sp³-hybridized carbons (Fsp3) is 1.00. The van der Waals surface area contributed by atoms with E-state index in [4.69, 9.17) is 14.6 Å². The summed E-state index contributed by atoms with van der Waals surface area (Å²) in [5.41, 5.74) is -2.04. The SMILES string of the molecule is CC[C@H]1O[C@@H]2O[C@H](CO)[C@H](O)[C@]2(C)[C@@]1(C)O. The zero-order chi connectivity index (χ0) is 12.1. The summed E-state index contributed by atoms with van der Waals surface area (Å²) >= 11 is 0. The van der Waals surface area contributed by atoms with Crippen molar-refractivity contribution in [2.45, 2.75) is 57.4 Å². The fourth-order valence-corrected chi connectivity index (χ4v) is 2.88. The van der Waals surface area contributed by atoms with Crippen LogP contribution in [0.2, 0.25) is 0 Å².